The Morgan fingerprint density at radius 2 is 1.96 bits per heavy atom. The van der Waals surface area contributed by atoms with Crippen molar-refractivity contribution in [1.82, 2.24) is 15.1 Å². The average Bonchev–Trinajstić information content (AvgIpc) is 2.93. The number of benzene rings is 1. The Kier molecular flexibility index (Phi) is 3.56. The largest absolute Gasteiger partial charge is 0.367 e. The van der Waals surface area contributed by atoms with Crippen LogP contribution in [0.5, 0.6) is 0 Å². The fraction of sp³-hybridized carbons (Fsp3) is 0.444. The first-order chi connectivity index (χ1) is 11.3. The number of fused-ring (bicyclic) bond motifs is 1. The maximum atomic E-state index is 4.92. The van der Waals surface area contributed by atoms with Crippen molar-refractivity contribution in [3.8, 4) is 0 Å². The second kappa shape index (κ2) is 5.72. The molecule has 2 aliphatic rings. The van der Waals surface area contributed by atoms with E-state index in [2.05, 4.69) is 40.0 Å². The van der Waals surface area contributed by atoms with Crippen LogP contribution in [0.15, 0.2) is 41.5 Å². The van der Waals surface area contributed by atoms with Crippen molar-refractivity contribution in [2.75, 3.05) is 5.32 Å². The number of aromatic nitrogens is 2. The lowest BCUT2D eigenvalue weighted by Gasteiger charge is -2.41. The molecule has 1 spiro atoms. The second-order valence-electron chi connectivity index (χ2n) is 6.60. The molecular formula is C18H23N5. The zero-order valence-corrected chi connectivity index (χ0v) is 13.5. The van der Waals surface area contributed by atoms with Gasteiger partial charge in [-0.25, -0.2) is 4.99 Å². The summed E-state index contributed by atoms with van der Waals surface area (Å²) in [7, 11) is 1.94. The van der Waals surface area contributed by atoms with Gasteiger partial charge in [0.1, 0.15) is 11.5 Å². The van der Waals surface area contributed by atoms with Gasteiger partial charge in [0.2, 0.25) is 0 Å². The third-order valence-corrected chi connectivity index (χ3v) is 4.86. The van der Waals surface area contributed by atoms with Gasteiger partial charge in [-0.2, -0.15) is 5.10 Å². The van der Waals surface area contributed by atoms with Gasteiger partial charge >= 0.3 is 0 Å². The Hall–Kier alpha value is -2.30. The van der Waals surface area contributed by atoms with Crippen LogP contribution in [0.25, 0.3) is 0 Å². The van der Waals surface area contributed by atoms with Crippen molar-refractivity contribution in [1.29, 1.82) is 0 Å². The molecule has 120 valence electrons. The summed E-state index contributed by atoms with van der Waals surface area (Å²) >= 11 is 0. The van der Waals surface area contributed by atoms with Crippen molar-refractivity contribution < 1.29 is 0 Å². The fourth-order valence-electron chi connectivity index (χ4n) is 3.67. The first-order valence-corrected chi connectivity index (χ1v) is 8.44. The van der Waals surface area contributed by atoms with E-state index in [1.807, 2.05) is 24.0 Å². The summed E-state index contributed by atoms with van der Waals surface area (Å²) in [6.45, 7) is 0.804. The third-order valence-electron chi connectivity index (χ3n) is 4.86. The predicted molar refractivity (Wildman–Crippen MR) is 93.0 cm³/mol. The topological polar surface area (TPSA) is 54.2 Å². The van der Waals surface area contributed by atoms with Crippen molar-refractivity contribution in [2.45, 2.75) is 44.2 Å². The molecule has 1 saturated carbocycles. The number of rotatable bonds is 2. The van der Waals surface area contributed by atoms with Crippen LogP contribution in [0.1, 0.15) is 37.7 Å². The average molecular weight is 309 g/mol. The first kappa shape index (κ1) is 14.3. The molecule has 5 nitrogen and oxygen atoms in total. The van der Waals surface area contributed by atoms with Gasteiger partial charge in [0.15, 0.2) is 5.82 Å². The highest BCUT2D eigenvalue weighted by Crippen LogP contribution is 2.39. The van der Waals surface area contributed by atoms with Crippen molar-refractivity contribution in [3.05, 3.63) is 42.1 Å². The van der Waals surface area contributed by atoms with Crippen LogP contribution >= 0.6 is 0 Å². The van der Waals surface area contributed by atoms with Crippen LogP contribution < -0.4 is 10.6 Å². The Morgan fingerprint density at radius 3 is 2.74 bits per heavy atom. The van der Waals surface area contributed by atoms with Gasteiger partial charge in [0.25, 0.3) is 0 Å². The summed E-state index contributed by atoms with van der Waals surface area (Å²) in [6, 6.07) is 10.5. The Morgan fingerprint density at radius 1 is 1.17 bits per heavy atom. The van der Waals surface area contributed by atoms with E-state index in [9.17, 15) is 0 Å². The molecule has 0 amide bonds. The van der Waals surface area contributed by atoms with E-state index in [1.165, 1.54) is 24.8 Å². The number of aliphatic imine (C=N–C) groups is 1. The molecule has 2 heterocycles. The van der Waals surface area contributed by atoms with Crippen LogP contribution in [0, 0.1) is 0 Å². The molecule has 2 aromatic rings. The normalized spacial score (nSPS) is 18.9. The number of hydrogen-bond donors (Lipinski definition) is 2. The molecule has 0 unspecified atom stereocenters. The van der Waals surface area contributed by atoms with Gasteiger partial charge in [0.05, 0.1) is 11.7 Å². The van der Waals surface area contributed by atoms with Gasteiger partial charge in [-0.1, -0.05) is 49.6 Å². The molecule has 1 aromatic heterocycles. The summed E-state index contributed by atoms with van der Waals surface area (Å²) in [6.07, 6.45) is 7.99. The third kappa shape index (κ3) is 2.71. The van der Waals surface area contributed by atoms with Gasteiger partial charge in [-0.3, -0.25) is 4.68 Å². The summed E-state index contributed by atoms with van der Waals surface area (Å²) < 4.78 is 1.83. The maximum absolute atomic E-state index is 4.92. The highest BCUT2D eigenvalue weighted by molar-refractivity contribution is 5.99. The minimum atomic E-state index is -0.0750. The molecule has 0 atom stereocenters. The monoisotopic (exact) mass is 309 g/mol. The van der Waals surface area contributed by atoms with E-state index in [0.29, 0.717) is 0 Å². The van der Waals surface area contributed by atoms with Crippen LogP contribution in [0.2, 0.25) is 0 Å². The maximum Gasteiger partial charge on any atom is 0.174 e. The zero-order valence-electron chi connectivity index (χ0n) is 13.5. The number of nitrogens with zero attached hydrogens (tertiary/aromatic N) is 3. The highest BCUT2D eigenvalue weighted by Gasteiger charge is 2.41. The lowest BCUT2D eigenvalue weighted by atomic mass is 9.79. The van der Waals surface area contributed by atoms with E-state index in [0.717, 1.165) is 36.7 Å². The Balaban J connectivity index is 1.63. The van der Waals surface area contributed by atoms with Gasteiger partial charge < -0.3 is 10.6 Å². The molecule has 1 aliphatic carbocycles. The lowest BCUT2D eigenvalue weighted by Crippen LogP contribution is -2.54. The van der Waals surface area contributed by atoms with Crippen LogP contribution in [-0.4, -0.2) is 21.2 Å². The van der Waals surface area contributed by atoms with E-state index in [1.54, 1.807) is 0 Å². The van der Waals surface area contributed by atoms with E-state index < -0.39 is 0 Å². The standard InChI is InChI=1S/C18H23N5/c1-23-13-15-16(22-23)21-18(10-6-3-7-11-18)17(20-15)19-12-14-8-4-2-5-9-14/h2,4-5,8-9,13H,3,6-7,10-12H2,1H3,(H,19,20)(H,21,22). The quantitative estimate of drug-likeness (QED) is 0.894. The number of anilines is 1. The summed E-state index contributed by atoms with van der Waals surface area (Å²) in [4.78, 5) is 4.92. The summed E-state index contributed by atoms with van der Waals surface area (Å²) in [5.74, 6) is 1.99. The molecule has 2 N–H and O–H groups in total. The van der Waals surface area contributed by atoms with Crippen molar-refractivity contribution >= 4 is 17.3 Å². The summed E-state index contributed by atoms with van der Waals surface area (Å²) in [5.41, 5.74) is 2.13. The molecule has 1 aromatic carbocycles. The Bertz CT molecular complexity index is 710. The molecule has 4 rings (SSSR count). The molecule has 0 saturated heterocycles. The van der Waals surface area contributed by atoms with E-state index >= 15 is 0 Å². The minimum absolute atomic E-state index is 0.0750. The molecule has 1 aliphatic heterocycles. The number of aryl methyl sites for hydroxylation is 1. The molecule has 0 radical (unpaired) electrons. The molecule has 1 fully saturated rings. The Labute approximate surface area is 136 Å². The first-order valence-electron chi connectivity index (χ1n) is 8.44. The number of hydrogen-bond acceptors (Lipinski definition) is 4. The molecule has 23 heavy (non-hydrogen) atoms. The predicted octanol–water partition coefficient (Wildman–Crippen LogP) is 3.37. The molecule has 5 heteroatoms. The van der Waals surface area contributed by atoms with Gasteiger partial charge in [0, 0.05) is 13.6 Å². The fourth-order valence-corrected chi connectivity index (χ4v) is 3.67. The number of amidine groups is 1. The van der Waals surface area contributed by atoms with Crippen LogP contribution in [0.3, 0.4) is 0 Å². The van der Waals surface area contributed by atoms with Gasteiger partial charge in [-0.15, -0.1) is 0 Å². The molecule has 0 bridgehead atoms. The zero-order chi connectivity index (χ0) is 15.7. The van der Waals surface area contributed by atoms with E-state index in [-0.39, 0.29) is 5.54 Å². The lowest BCUT2D eigenvalue weighted by molar-refractivity contribution is 0.395. The van der Waals surface area contributed by atoms with Crippen LogP contribution in [0.4, 0.5) is 11.5 Å². The highest BCUT2D eigenvalue weighted by atomic mass is 15.3. The van der Waals surface area contributed by atoms with E-state index in [4.69, 9.17) is 4.99 Å². The second-order valence-corrected chi connectivity index (χ2v) is 6.60. The minimum Gasteiger partial charge on any atom is -0.367 e. The molecular weight excluding hydrogens is 286 g/mol. The SMILES string of the molecule is Cn1cc2c(n1)NC1(CCCCC1)C(NCc1ccccc1)=N2. The summed E-state index contributed by atoms with van der Waals surface area (Å²) in [5, 5.41) is 11.8. The van der Waals surface area contributed by atoms with Gasteiger partial charge in [-0.05, 0) is 18.4 Å². The van der Waals surface area contributed by atoms with Crippen LogP contribution in [-0.2, 0) is 13.6 Å². The smallest absolute Gasteiger partial charge is 0.174 e. The van der Waals surface area contributed by atoms with Crippen molar-refractivity contribution in [2.24, 2.45) is 12.0 Å². The number of nitrogens with one attached hydrogen (secondary N) is 2. The van der Waals surface area contributed by atoms with Crippen molar-refractivity contribution in [3.63, 3.8) is 0 Å².